The number of carbonyl (C=O) groups excluding carboxylic acids is 1. The van der Waals surface area contributed by atoms with Crippen LogP contribution in [0.4, 0.5) is 5.69 Å². The highest BCUT2D eigenvalue weighted by atomic mass is 32.2. The molecule has 0 aliphatic rings. The Morgan fingerprint density at radius 3 is 2.19 bits per heavy atom. The van der Waals surface area contributed by atoms with Crippen LogP contribution in [0.1, 0.15) is 21.5 Å². The van der Waals surface area contributed by atoms with Crippen molar-refractivity contribution in [2.45, 2.75) is 18.7 Å². The predicted molar refractivity (Wildman–Crippen MR) is 109 cm³/mol. The van der Waals surface area contributed by atoms with E-state index in [-0.39, 0.29) is 23.9 Å². The summed E-state index contributed by atoms with van der Waals surface area (Å²) in [5.41, 5.74) is 3.12. The van der Waals surface area contributed by atoms with Crippen molar-refractivity contribution in [1.82, 2.24) is 4.31 Å². The second-order valence-corrected chi connectivity index (χ2v) is 8.13. The summed E-state index contributed by atoms with van der Waals surface area (Å²) < 4.78 is 26.7. The van der Waals surface area contributed by atoms with Gasteiger partial charge in [0.1, 0.15) is 0 Å². The Kier molecular flexibility index (Phi) is 6.71. The topological polar surface area (TPSA) is 66.5 Å². The van der Waals surface area contributed by atoms with Crippen LogP contribution in [0.25, 0.3) is 0 Å². The van der Waals surface area contributed by atoms with Crippen molar-refractivity contribution in [1.29, 1.82) is 0 Å². The number of amides is 1. The Balaban J connectivity index is 2.23. The summed E-state index contributed by atoms with van der Waals surface area (Å²) in [7, 11) is -3.68. The monoisotopic (exact) mass is 384 g/mol. The van der Waals surface area contributed by atoms with Gasteiger partial charge >= 0.3 is 0 Å². The zero-order valence-electron chi connectivity index (χ0n) is 15.6. The lowest BCUT2D eigenvalue weighted by molar-refractivity contribution is 0.102. The summed E-state index contributed by atoms with van der Waals surface area (Å²) in [4.78, 5) is 12.6. The van der Waals surface area contributed by atoms with Crippen LogP contribution in [-0.2, 0) is 10.0 Å². The minimum absolute atomic E-state index is 0.120. The predicted octanol–water partition coefficient (Wildman–Crippen LogP) is 3.92. The molecule has 0 bridgehead atoms. The molecule has 0 aliphatic carbocycles. The van der Waals surface area contributed by atoms with Gasteiger partial charge in [0.15, 0.2) is 0 Å². The molecule has 0 saturated carbocycles. The third-order valence-corrected chi connectivity index (χ3v) is 5.91. The zero-order valence-corrected chi connectivity index (χ0v) is 16.4. The fourth-order valence-electron chi connectivity index (χ4n) is 2.55. The summed E-state index contributed by atoms with van der Waals surface area (Å²) >= 11 is 0. The Morgan fingerprint density at radius 2 is 1.63 bits per heavy atom. The summed E-state index contributed by atoms with van der Waals surface area (Å²) in [6, 6.07) is 11.7. The van der Waals surface area contributed by atoms with Crippen molar-refractivity contribution in [3.05, 3.63) is 84.5 Å². The molecule has 2 aromatic carbocycles. The van der Waals surface area contributed by atoms with E-state index >= 15 is 0 Å². The number of anilines is 1. The molecule has 2 aromatic rings. The zero-order chi connectivity index (χ0) is 20.0. The molecular formula is C21H24N2O3S. The normalized spacial score (nSPS) is 11.2. The summed E-state index contributed by atoms with van der Waals surface area (Å²) in [6.45, 7) is 11.4. The fourth-order valence-corrected chi connectivity index (χ4v) is 3.93. The van der Waals surface area contributed by atoms with Crippen molar-refractivity contribution >= 4 is 21.6 Å². The average molecular weight is 385 g/mol. The van der Waals surface area contributed by atoms with Gasteiger partial charge < -0.3 is 5.32 Å². The lowest BCUT2D eigenvalue weighted by atomic mass is 10.1. The number of hydrogen-bond acceptors (Lipinski definition) is 3. The van der Waals surface area contributed by atoms with Crippen LogP contribution in [0.3, 0.4) is 0 Å². The number of nitrogens with one attached hydrogen (secondary N) is 1. The van der Waals surface area contributed by atoms with Crippen LogP contribution in [0.15, 0.2) is 72.7 Å². The standard InChI is InChI=1S/C21H24N2O3S/c1-5-13-23(14-6-2)27(25,26)19-11-9-18(10-12-19)21(24)22-20-15-16(3)7-8-17(20)4/h5-12,15H,1-2,13-14H2,3-4H3,(H,22,24). The lowest BCUT2D eigenvalue weighted by Gasteiger charge is -2.19. The molecule has 0 aromatic heterocycles. The van der Waals surface area contributed by atoms with Crippen LogP contribution in [0.5, 0.6) is 0 Å². The van der Waals surface area contributed by atoms with Crippen LogP contribution in [0, 0.1) is 13.8 Å². The number of benzene rings is 2. The van der Waals surface area contributed by atoms with Gasteiger partial charge in [-0.05, 0) is 55.3 Å². The highest BCUT2D eigenvalue weighted by Gasteiger charge is 2.22. The number of nitrogens with zero attached hydrogens (tertiary/aromatic N) is 1. The molecule has 0 unspecified atom stereocenters. The molecule has 0 aliphatic heterocycles. The van der Waals surface area contributed by atoms with Gasteiger partial charge in [-0.3, -0.25) is 4.79 Å². The Bertz CT molecular complexity index is 938. The molecule has 0 saturated heterocycles. The summed E-state index contributed by atoms with van der Waals surface area (Å²) in [5, 5.41) is 2.86. The minimum Gasteiger partial charge on any atom is -0.322 e. The molecule has 0 fully saturated rings. The highest BCUT2D eigenvalue weighted by molar-refractivity contribution is 7.89. The minimum atomic E-state index is -3.68. The van der Waals surface area contributed by atoms with E-state index in [1.54, 1.807) is 0 Å². The molecule has 2 rings (SSSR count). The molecule has 0 spiro atoms. The first-order chi connectivity index (χ1) is 12.8. The number of rotatable bonds is 8. The van der Waals surface area contributed by atoms with Gasteiger partial charge in [-0.15, -0.1) is 13.2 Å². The molecule has 27 heavy (non-hydrogen) atoms. The molecule has 5 nitrogen and oxygen atoms in total. The van der Waals surface area contributed by atoms with Gasteiger partial charge in [0.2, 0.25) is 10.0 Å². The van der Waals surface area contributed by atoms with Gasteiger partial charge in [0.25, 0.3) is 5.91 Å². The number of sulfonamides is 1. The number of carbonyl (C=O) groups is 1. The first kappa shape index (κ1) is 20.6. The van der Waals surface area contributed by atoms with Gasteiger partial charge in [0.05, 0.1) is 4.90 Å². The quantitative estimate of drug-likeness (QED) is 0.702. The average Bonchev–Trinajstić information content (AvgIpc) is 2.64. The molecule has 0 heterocycles. The maximum atomic E-state index is 12.7. The first-order valence-corrected chi connectivity index (χ1v) is 9.94. The van der Waals surface area contributed by atoms with Crippen molar-refractivity contribution in [3.8, 4) is 0 Å². The van der Waals surface area contributed by atoms with Crippen LogP contribution >= 0.6 is 0 Å². The van der Waals surface area contributed by atoms with E-state index in [4.69, 9.17) is 0 Å². The van der Waals surface area contributed by atoms with E-state index < -0.39 is 10.0 Å². The summed E-state index contributed by atoms with van der Waals surface area (Å²) in [5.74, 6) is -0.290. The van der Waals surface area contributed by atoms with Crippen molar-refractivity contribution in [2.75, 3.05) is 18.4 Å². The first-order valence-electron chi connectivity index (χ1n) is 8.50. The van der Waals surface area contributed by atoms with Gasteiger partial charge in [-0.25, -0.2) is 8.42 Å². The summed E-state index contributed by atoms with van der Waals surface area (Å²) in [6.07, 6.45) is 3.04. The van der Waals surface area contributed by atoms with E-state index in [0.29, 0.717) is 5.56 Å². The fraction of sp³-hybridized carbons (Fsp3) is 0.190. The van der Waals surface area contributed by atoms with E-state index in [2.05, 4.69) is 18.5 Å². The van der Waals surface area contributed by atoms with Gasteiger partial charge in [-0.1, -0.05) is 24.3 Å². The van der Waals surface area contributed by atoms with E-state index in [9.17, 15) is 13.2 Å². The second-order valence-electron chi connectivity index (χ2n) is 6.20. The maximum Gasteiger partial charge on any atom is 0.255 e. The van der Waals surface area contributed by atoms with E-state index in [1.807, 2.05) is 32.0 Å². The molecule has 1 N–H and O–H groups in total. The van der Waals surface area contributed by atoms with Gasteiger partial charge in [0, 0.05) is 24.3 Å². The largest absolute Gasteiger partial charge is 0.322 e. The molecule has 0 atom stereocenters. The van der Waals surface area contributed by atoms with E-state index in [1.165, 1.54) is 40.7 Å². The van der Waals surface area contributed by atoms with Crippen LogP contribution in [-0.4, -0.2) is 31.7 Å². The highest BCUT2D eigenvalue weighted by Crippen LogP contribution is 2.19. The molecule has 6 heteroatoms. The Morgan fingerprint density at radius 1 is 1.04 bits per heavy atom. The van der Waals surface area contributed by atoms with Gasteiger partial charge in [-0.2, -0.15) is 4.31 Å². The number of aryl methyl sites for hydroxylation is 2. The third-order valence-electron chi connectivity index (χ3n) is 4.06. The van der Waals surface area contributed by atoms with Crippen molar-refractivity contribution in [3.63, 3.8) is 0 Å². The van der Waals surface area contributed by atoms with Crippen molar-refractivity contribution < 1.29 is 13.2 Å². The second kappa shape index (κ2) is 8.79. The Labute approximate surface area is 161 Å². The molecular weight excluding hydrogens is 360 g/mol. The number of hydrogen-bond donors (Lipinski definition) is 1. The van der Waals surface area contributed by atoms with Crippen LogP contribution in [0.2, 0.25) is 0 Å². The smallest absolute Gasteiger partial charge is 0.255 e. The Hall–Kier alpha value is -2.70. The van der Waals surface area contributed by atoms with Crippen molar-refractivity contribution in [2.24, 2.45) is 0 Å². The SMILES string of the molecule is C=CCN(CC=C)S(=O)(=O)c1ccc(C(=O)Nc2cc(C)ccc2C)cc1. The molecule has 1 amide bonds. The van der Waals surface area contributed by atoms with E-state index in [0.717, 1.165) is 16.8 Å². The molecule has 142 valence electrons. The third kappa shape index (κ3) is 4.93. The maximum absolute atomic E-state index is 12.7. The lowest BCUT2D eigenvalue weighted by Crippen LogP contribution is -2.31. The van der Waals surface area contributed by atoms with Crippen LogP contribution < -0.4 is 5.32 Å². The molecule has 0 radical (unpaired) electrons.